The lowest BCUT2D eigenvalue weighted by Gasteiger charge is -2.03. The minimum atomic E-state index is -4.46. The van der Waals surface area contributed by atoms with E-state index in [9.17, 15) is 14.4 Å². The van der Waals surface area contributed by atoms with Crippen molar-refractivity contribution in [1.82, 2.24) is 4.98 Å². The van der Waals surface area contributed by atoms with Crippen LogP contribution in [0.25, 0.3) is 22.1 Å². The summed E-state index contributed by atoms with van der Waals surface area (Å²) in [6.07, 6.45) is 2.69. The molecule has 4 N–H and O–H groups in total. The van der Waals surface area contributed by atoms with Crippen molar-refractivity contribution in [2.45, 2.75) is 0 Å². The molecule has 0 aromatic carbocycles. The molecule has 0 radical (unpaired) electrons. The molecule has 0 spiro atoms. The molecule has 0 bridgehead atoms. The molecule has 3 heterocycles. The first-order chi connectivity index (χ1) is 9.47. The average molecular weight is 312 g/mol. The molecular weight excluding hydrogens is 303 g/mol. The van der Waals surface area contributed by atoms with Crippen LogP contribution in [-0.4, -0.2) is 14.8 Å². The fourth-order valence-corrected chi connectivity index (χ4v) is 3.25. The Labute approximate surface area is 116 Å². The summed E-state index contributed by atoms with van der Waals surface area (Å²) in [5.41, 5.74) is 5.94. The number of nitrogens with zero attached hydrogens (tertiary/aromatic N) is 1. The van der Waals surface area contributed by atoms with Gasteiger partial charge in [-0.3, -0.25) is 4.57 Å². The van der Waals surface area contributed by atoms with E-state index in [4.69, 9.17) is 14.6 Å². The van der Waals surface area contributed by atoms with Gasteiger partial charge in [0.1, 0.15) is 21.6 Å². The van der Waals surface area contributed by atoms with Gasteiger partial charge in [0, 0.05) is 0 Å². The second-order valence-corrected chi connectivity index (χ2v) is 6.49. The lowest BCUT2D eigenvalue weighted by Crippen LogP contribution is -2.04. The van der Waals surface area contributed by atoms with Crippen LogP contribution < -0.4 is 11.0 Å². The van der Waals surface area contributed by atoms with Gasteiger partial charge < -0.3 is 24.4 Å². The fraction of sp³-hybridized carbons (Fsp3) is 0. The van der Waals surface area contributed by atoms with Gasteiger partial charge in [-0.25, -0.2) is 4.98 Å². The van der Waals surface area contributed by atoms with E-state index in [2.05, 4.69) is 4.98 Å². The van der Waals surface area contributed by atoms with Crippen LogP contribution in [0.3, 0.4) is 0 Å². The van der Waals surface area contributed by atoms with E-state index >= 15 is 0 Å². The van der Waals surface area contributed by atoms with Crippen molar-refractivity contribution in [3.63, 3.8) is 0 Å². The molecule has 0 saturated carbocycles. The third kappa shape index (κ3) is 2.19. The van der Waals surface area contributed by atoms with Gasteiger partial charge in [-0.15, -0.1) is 0 Å². The van der Waals surface area contributed by atoms with Gasteiger partial charge in [0.15, 0.2) is 10.9 Å². The van der Waals surface area contributed by atoms with Crippen LogP contribution in [0.1, 0.15) is 0 Å². The normalized spacial score (nSPS) is 11.9. The zero-order valence-electron chi connectivity index (χ0n) is 9.89. The number of nitrogens with two attached hydrogens (primary N) is 1. The number of thiazole rings is 1. The molecule has 0 unspecified atom stereocenters. The molecule has 0 saturated heterocycles. The van der Waals surface area contributed by atoms with E-state index in [1.165, 1.54) is 18.6 Å². The van der Waals surface area contributed by atoms with Gasteiger partial charge in [0.25, 0.3) is 0 Å². The van der Waals surface area contributed by atoms with Crippen molar-refractivity contribution in [2.75, 3.05) is 5.73 Å². The van der Waals surface area contributed by atoms with E-state index in [1.54, 1.807) is 12.1 Å². The first kappa shape index (κ1) is 13.1. The Morgan fingerprint density at radius 2 is 2.05 bits per heavy atom. The Balaban J connectivity index is 2.22. The summed E-state index contributed by atoms with van der Waals surface area (Å²) < 4.78 is 21.9. The standard InChI is InChI=1S/C11H9N2O5PS/c12-11-13-8(10(20-11)6-2-1-4-17-6)9-7(3-5-18-9)19(14,15)16/h1-5H,(H2,12,13)(H2,14,15,16). The zero-order valence-corrected chi connectivity index (χ0v) is 11.6. The van der Waals surface area contributed by atoms with Crippen LogP contribution in [0.2, 0.25) is 0 Å². The molecule has 3 aromatic heterocycles. The van der Waals surface area contributed by atoms with Gasteiger partial charge in [-0.05, 0) is 18.2 Å². The monoisotopic (exact) mass is 312 g/mol. The minimum absolute atomic E-state index is 0.00215. The Morgan fingerprint density at radius 3 is 2.70 bits per heavy atom. The summed E-state index contributed by atoms with van der Waals surface area (Å²) in [7, 11) is -4.46. The van der Waals surface area contributed by atoms with E-state index < -0.39 is 7.60 Å². The molecule has 7 nitrogen and oxygen atoms in total. The van der Waals surface area contributed by atoms with Gasteiger partial charge in [0.2, 0.25) is 0 Å². The predicted molar refractivity (Wildman–Crippen MR) is 73.6 cm³/mol. The maximum Gasteiger partial charge on any atom is 0.360 e. The van der Waals surface area contributed by atoms with Crippen LogP contribution in [-0.2, 0) is 4.57 Å². The van der Waals surface area contributed by atoms with Crippen LogP contribution in [0, 0.1) is 0 Å². The molecule has 0 atom stereocenters. The summed E-state index contributed by atoms with van der Waals surface area (Å²) in [6, 6.07) is 4.62. The molecule has 0 aliphatic rings. The SMILES string of the molecule is Nc1nc(-c2occc2P(=O)(O)O)c(-c2ccco2)s1. The highest BCUT2D eigenvalue weighted by atomic mass is 32.1. The summed E-state index contributed by atoms with van der Waals surface area (Å²) in [5.74, 6) is 0.500. The van der Waals surface area contributed by atoms with E-state index in [1.807, 2.05) is 0 Å². The summed E-state index contributed by atoms with van der Waals surface area (Å²) in [4.78, 5) is 23.3. The number of rotatable bonds is 3. The molecular formula is C11H9N2O5PS. The van der Waals surface area contributed by atoms with Crippen LogP contribution in [0.4, 0.5) is 5.13 Å². The van der Waals surface area contributed by atoms with Crippen LogP contribution in [0.5, 0.6) is 0 Å². The largest absolute Gasteiger partial charge is 0.463 e. The third-order valence-electron chi connectivity index (χ3n) is 2.56. The van der Waals surface area contributed by atoms with E-state index in [0.717, 1.165) is 11.3 Å². The topological polar surface area (TPSA) is 123 Å². The van der Waals surface area contributed by atoms with Crippen LogP contribution >= 0.6 is 18.9 Å². The van der Waals surface area contributed by atoms with Crippen molar-refractivity contribution in [3.05, 3.63) is 30.7 Å². The van der Waals surface area contributed by atoms with E-state index in [0.29, 0.717) is 10.6 Å². The Bertz CT molecular complexity index is 786. The lowest BCUT2D eigenvalue weighted by atomic mass is 10.2. The van der Waals surface area contributed by atoms with Crippen molar-refractivity contribution < 1.29 is 23.2 Å². The first-order valence-electron chi connectivity index (χ1n) is 5.41. The molecule has 3 rings (SSSR count). The first-order valence-corrected chi connectivity index (χ1v) is 7.84. The molecule has 0 fully saturated rings. The van der Waals surface area contributed by atoms with Gasteiger partial charge in [-0.2, -0.15) is 0 Å². The van der Waals surface area contributed by atoms with Crippen molar-refractivity contribution >= 4 is 29.4 Å². The number of hydrogen-bond acceptors (Lipinski definition) is 6. The third-order valence-corrected chi connectivity index (χ3v) is 4.44. The fourth-order valence-electron chi connectivity index (χ4n) is 1.77. The second kappa shape index (κ2) is 4.60. The van der Waals surface area contributed by atoms with Crippen molar-refractivity contribution in [3.8, 4) is 22.1 Å². The number of furan rings is 2. The highest BCUT2D eigenvalue weighted by Crippen LogP contribution is 2.43. The summed E-state index contributed by atoms with van der Waals surface area (Å²) in [5, 5.41) is 0.0232. The average Bonchev–Trinajstić information content (AvgIpc) is 3.06. The van der Waals surface area contributed by atoms with Gasteiger partial charge >= 0.3 is 7.60 Å². The predicted octanol–water partition coefficient (Wildman–Crippen LogP) is 2.05. The van der Waals surface area contributed by atoms with Crippen molar-refractivity contribution in [1.29, 1.82) is 0 Å². The summed E-state index contributed by atoms with van der Waals surface area (Å²) >= 11 is 1.15. The van der Waals surface area contributed by atoms with Crippen molar-refractivity contribution in [2.24, 2.45) is 0 Å². The molecule has 20 heavy (non-hydrogen) atoms. The second-order valence-electron chi connectivity index (χ2n) is 3.89. The lowest BCUT2D eigenvalue weighted by molar-refractivity contribution is 0.387. The molecule has 3 aromatic rings. The molecule has 0 aliphatic carbocycles. The highest BCUT2D eigenvalue weighted by Gasteiger charge is 2.29. The number of anilines is 1. The van der Waals surface area contributed by atoms with Crippen LogP contribution in [0.15, 0.2) is 39.6 Å². The smallest absolute Gasteiger partial charge is 0.360 e. The number of hydrogen-bond donors (Lipinski definition) is 3. The molecule has 0 amide bonds. The maximum absolute atomic E-state index is 11.4. The minimum Gasteiger partial charge on any atom is -0.463 e. The maximum atomic E-state index is 11.4. The highest BCUT2D eigenvalue weighted by molar-refractivity contribution is 7.60. The Kier molecular flexibility index (Phi) is 3.02. The van der Waals surface area contributed by atoms with Gasteiger partial charge in [0.05, 0.1) is 12.5 Å². The van der Waals surface area contributed by atoms with E-state index in [-0.39, 0.29) is 21.9 Å². The molecule has 9 heteroatoms. The molecule has 0 aliphatic heterocycles. The Morgan fingerprint density at radius 1 is 1.25 bits per heavy atom. The number of nitrogen functional groups attached to an aromatic ring is 1. The summed E-state index contributed by atoms with van der Waals surface area (Å²) in [6.45, 7) is 0. The van der Waals surface area contributed by atoms with Gasteiger partial charge in [-0.1, -0.05) is 11.3 Å². The number of aromatic nitrogens is 1. The Hall–Kier alpha value is -1.86. The quantitative estimate of drug-likeness (QED) is 0.632. The zero-order chi connectivity index (χ0) is 14.3. The molecule has 104 valence electrons.